The van der Waals surface area contributed by atoms with Crippen LogP contribution in [0, 0.1) is 0 Å². The van der Waals surface area contributed by atoms with E-state index in [1.807, 2.05) is 6.07 Å². The molecule has 0 radical (unpaired) electrons. The van der Waals surface area contributed by atoms with Crippen LogP contribution in [0.2, 0.25) is 0 Å². The zero-order valence-corrected chi connectivity index (χ0v) is 8.69. The van der Waals surface area contributed by atoms with Crippen molar-refractivity contribution in [2.45, 2.75) is 6.54 Å². The number of rotatable bonds is 3. The highest BCUT2D eigenvalue weighted by molar-refractivity contribution is 9.10. The number of nitrogens with zero attached hydrogens (tertiary/aromatic N) is 4. The van der Waals surface area contributed by atoms with Gasteiger partial charge in [0.05, 0.1) is 16.7 Å². The van der Waals surface area contributed by atoms with Crippen LogP contribution in [0.15, 0.2) is 22.9 Å². The zero-order valence-electron chi connectivity index (χ0n) is 7.11. The Labute approximate surface area is 88.3 Å². The molecule has 7 heteroatoms. The summed E-state index contributed by atoms with van der Waals surface area (Å²) in [6.45, 7) is 0.527. The number of hydrogen-bond donors (Lipinski definition) is 2. The van der Waals surface area contributed by atoms with Crippen molar-refractivity contribution < 1.29 is 0 Å². The van der Waals surface area contributed by atoms with E-state index < -0.39 is 0 Å². The van der Waals surface area contributed by atoms with Gasteiger partial charge < -0.3 is 5.32 Å². The Kier molecular flexibility index (Phi) is 2.68. The quantitative estimate of drug-likeness (QED) is 0.854. The van der Waals surface area contributed by atoms with Crippen molar-refractivity contribution in [1.82, 2.24) is 25.6 Å². The first-order valence-electron chi connectivity index (χ1n) is 3.92. The van der Waals surface area contributed by atoms with Gasteiger partial charge in [-0.2, -0.15) is 5.21 Å². The Bertz CT molecular complexity index is 400. The Morgan fingerprint density at radius 3 is 3.14 bits per heavy atom. The molecule has 0 amide bonds. The van der Waals surface area contributed by atoms with Crippen molar-refractivity contribution >= 4 is 21.6 Å². The molecule has 0 aliphatic heterocycles. The Balaban J connectivity index is 2.02. The number of aromatic amines is 1. The van der Waals surface area contributed by atoms with E-state index in [0.29, 0.717) is 12.4 Å². The van der Waals surface area contributed by atoms with E-state index in [-0.39, 0.29) is 0 Å². The van der Waals surface area contributed by atoms with Crippen LogP contribution in [0.3, 0.4) is 0 Å². The molecular formula is C7H7BrN6. The SMILES string of the molecule is Brc1cnccc1NCc1nn[nH]n1. The summed E-state index contributed by atoms with van der Waals surface area (Å²) >= 11 is 3.37. The normalized spacial score (nSPS) is 10.1. The van der Waals surface area contributed by atoms with Crippen molar-refractivity contribution in [3.05, 3.63) is 28.8 Å². The second-order valence-electron chi connectivity index (χ2n) is 2.54. The van der Waals surface area contributed by atoms with Gasteiger partial charge in [0.1, 0.15) is 0 Å². The van der Waals surface area contributed by atoms with Gasteiger partial charge in [-0.15, -0.1) is 10.2 Å². The summed E-state index contributed by atoms with van der Waals surface area (Å²) in [5, 5.41) is 16.6. The highest BCUT2D eigenvalue weighted by Gasteiger charge is 2.00. The van der Waals surface area contributed by atoms with Crippen molar-refractivity contribution in [3.8, 4) is 0 Å². The minimum atomic E-state index is 0.527. The van der Waals surface area contributed by atoms with Gasteiger partial charge in [0, 0.05) is 12.4 Å². The van der Waals surface area contributed by atoms with E-state index in [1.54, 1.807) is 12.4 Å². The number of pyridine rings is 1. The molecule has 0 bridgehead atoms. The Morgan fingerprint density at radius 1 is 1.50 bits per heavy atom. The van der Waals surface area contributed by atoms with Gasteiger partial charge >= 0.3 is 0 Å². The number of nitrogens with one attached hydrogen (secondary N) is 2. The van der Waals surface area contributed by atoms with Gasteiger partial charge in [-0.3, -0.25) is 4.98 Å². The second-order valence-corrected chi connectivity index (χ2v) is 3.39. The predicted molar refractivity (Wildman–Crippen MR) is 53.4 cm³/mol. The maximum atomic E-state index is 3.95. The van der Waals surface area contributed by atoms with Crippen molar-refractivity contribution in [2.75, 3.05) is 5.32 Å². The number of halogens is 1. The molecule has 2 heterocycles. The number of tetrazole rings is 1. The summed E-state index contributed by atoms with van der Waals surface area (Å²) < 4.78 is 0.906. The first-order chi connectivity index (χ1) is 6.86. The largest absolute Gasteiger partial charge is 0.377 e. The summed E-state index contributed by atoms with van der Waals surface area (Å²) in [6, 6.07) is 1.87. The molecule has 0 unspecified atom stereocenters. The lowest BCUT2D eigenvalue weighted by Crippen LogP contribution is -2.02. The third kappa shape index (κ3) is 2.05. The molecular weight excluding hydrogens is 248 g/mol. The summed E-state index contributed by atoms with van der Waals surface area (Å²) in [5.41, 5.74) is 0.949. The monoisotopic (exact) mass is 254 g/mol. The molecule has 2 aromatic rings. The molecule has 2 N–H and O–H groups in total. The topological polar surface area (TPSA) is 79.4 Å². The molecule has 0 saturated heterocycles. The van der Waals surface area contributed by atoms with Crippen LogP contribution in [0.4, 0.5) is 5.69 Å². The lowest BCUT2D eigenvalue weighted by Gasteiger charge is -2.04. The van der Waals surface area contributed by atoms with Crippen LogP contribution in [-0.4, -0.2) is 25.6 Å². The van der Waals surface area contributed by atoms with Gasteiger partial charge in [-0.1, -0.05) is 5.21 Å². The molecule has 0 saturated carbocycles. The Morgan fingerprint density at radius 2 is 2.43 bits per heavy atom. The average Bonchev–Trinajstić information content (AvgIpc) is 2.69. The molecule has 72 valence electrons. The molecule has 2 aromatic heterocycles. The van der Waals surface area contributed by atoms with Crippen molar-refractivity contribution in [1.29, 1.82) is 0 Å². The van der Waals surface area contributed by atoms with E-state index in [2.05, 4.69) is 46.9 Å². The van der Waals surface area contributed by atoms with Crippen LogP contribution in [0.1, 0.15) is 5.82 Å². The van der Waals surface area contributed by atoms with Gasteiger partial charge in [0.15, 0.2) is 5.82 Å². The number of anilines is 1. The third-order valence-corrected chi connectivity index (χ3v) is 2.23. The van der Waals surface area contributed by atoms with Crippen molar-refractivity contribution in [2.24, 2.45) is 0 Å². The van der Waals surface area contributed by atoms with E-state index >= 15 is 0 Å². The smallest absolute Gasteiger partial charge is 0.193 e. The van der Waals surface area contributed by atoms with Crippen molar-refractivity contribution in [3.63, 3.8) is 0 Å². The minimum absolute atomic E-state index is 0.527. The molecule has 14 heavy (non-hydrogen) atoms. The second kappa shape index (κ2) is 4.14. The fourth-order valence-corrected chi connectivity index (χ4v) is 1.34. The lowest BCUT2D eigenvalue weighted by atomic mass is 10.4. The van der Waals surface area contributed by atoms with E-state index in [4.69, 9.17) is 0 Å². The first kappa shape index (κ1) is 9.07. The fraction of sp³-hybridized carbons (Fsp3) is 0.143. The maximum absolute atomic E-state index is 3.95. The van der Waals surface area contributed by atoms with Crippen LogP contribution in [-0.2, 0) is 6.54 Å². The van der Waals surface area contributed by atoms with E-state index in [0.717, 1.165) is 10.2 Å². The lowest BCUT2D eigenvalue weighted by molar-refractivity contribution is 0.881. The third-order valence-electron chi connectivity index (χ3n) is 1.60. The predicted octanol–water partition coefficient (Wildman–Crippen LogP) is 0.969. The number of hydrogen-bond acceptors (Lipinski definition) is 5. The van der Waals surface area contributed by atoms with Crippen LogP contribution >= 0.6 is 15.9 Å². The molecule has 0 spiro atoms. The van der Waals surface area contributed by atoms with Crippen LogP contribution in [0.25, 0.3) is 0 Å². The molecule has 0 aromatic carbocycles. The molecule has 0 atom stereocenters. The van der Waals surface area contributed by atoms with Gasteiger partial charge in [-0.05, 0) is 22.0 Å². The average molecular weight is 255 g/mol. The molecule has 0 aliphatic carbocycles. The summed E-state index contributed by atoms with van der Waals surface area (Å²) in [5.74, 6) is 0.619. The summed E-state index contributed by atoms with van der Waals surface area (Å²) in [6.07, 6.45) is 3.43. The number of aromatic nitrogens is 5. The minimum Gasteiger partial charge on any atom is -0.377 e. The Hall–Kier alpha value is -1.50. The van der Waals surface area contributed by atoms with Gasteiger partial charge in [0.25, 0.3) is 0 Å². The molecule has 0 aliphatic rings. The molecule has 0 fully saturated rings. The van der Waals surface area contributed by atoms with Gasteiger partial charge in [-0.25, -0.2) is 0 Å². The first-order valence-corrected chi connectivity index (χ1v) is 4.71. The standard InChI is InChI=1S/C7H7BrN6/c8-5-3-9-2-1-6(5)10-4-7-11-13-14-12-7/h1-3H,4H2,(H,9,10)(H,11,12,13,14). The fourth-order valence-electron chi connectivity index (χ4n) is 0.950. The molecule has 6 nitrogen and oxygen atoms in total. The number of H-pyrrole nitrogens is 1. The van der Waals surface area contributed by atoms with E-state index in [1.165, 1.54) is 0 Å². The highest BCUT2D eigenvalue weighted by atomic mass is 79.9. The molecule has 2 rings (SSSR count). The summed E-state index contributed by atoms with van der Waals surface area (Å²) in [4.78, 5) is 3.95. The van der Waals surface area contributed by atoms with Gasteiger partial charge in [0.2, 0.25) is 0 Å². The highest BCUT2D eigenvalue weighted by Crippen LogP contribution is 2.19. The summed E-state index contributed by atoms with van der Waals surface area (Å²) in [7, 11) is 0. The maximum Gasteiger partial charge on any atom is 0.193 e. The zero-order chi connectivity index (χ0) is 9.80. The van der Waals surface area contributed by atoms with E-state index in [9.17, 15) is 0 Å². The van der Waals surface area contributed by atoms with Crippen LogP contribution in [0.5, 0.6) is 0 Å². The van der Waals surface area contributed by atoms with Crippen LogP contribution < -0.4 is 5.32 Å².